The highest BCUT2D eigenvalue weighted by Gasteiger charge is 2.21. The first-order valence-corrected chi connectivity index (χ1v) is 7.56. The average Bonchev–Trinajstić information content (AvgIpc) is 2.37. The van der Waals surface area contributed by atoms with Crippen LogP contribution in [0.25, 0.3) is 0 Å². The second-order valence-electron chi connectivity index (χ2n) is 4.26. The number of ether oxygens (including phenoxy) is 2. The van der Waals surface area contributed by atoms with Crippen LogP contribution < -0.4 is 15.2 Å². The summed E-state index contributed by atoms with van der Waals surface area (Å²) in [6.07, 6.45) is 0.629. The van der Waals surface area contributed by atoms with Crippen molar-refractivity contribution in [1.82, 2.24) is 0 Å². The molecule has 2 rings (SSSR count). The lowest BCUT2D eigenvalue weighted by Gasteiger charge is -2.19. The fourth-order valence-corrected chi connectivity index (χ4v) is 3.27. The molecule has 1 aliphatic rings. The molecule has 0 amide bonds. The van der Waals surface area contributed by atoms with Gasteiger partial charge in [0.1, 0.15) is 13.2 Å². The molecule has 0 aromatic heterocycles. The van der Waals surface area contributed by atoms with Gasteiger partial charge in [-0.25, -0.2) is 8.42 Å². The monoisotopic (exact) mass is 271 g/mol. The molecule has 0 saturated carbocycles. The fourth-order valence-electron chi connectivity index (χ4n) is 1.71. The average molecular weight is 271 g/mol. The predicted molar refractivity (Wildman–Crippen MR) is 67.8 cm³/mol. The van der Waals surface area contributed by atoms with Crippen LogP contribution in [0.15, 0.2) is 23.1 Å². The van der Waals surface area contributed by atoms with E-state index in [2.05, 4.69) is 0 Å². The van der Waals surface area contributed by atoms with Crippen molar-refractivity contribution in [2.24, 2.45) is 5.73 Å². The Kier molecular flexibility index (Phi) is 3.77. The first kappa shape index (κ1) is 13.2. The Morgan fingerprint density at radius 3 is 2.61 bits per heavy atom. The molecule has 1 aromatic carbocycles. The summed E-state index contributed by atoms with van der Waals surface area (Å²) >= 11 is 0. The topological polar surface area (TPSA) is 78.6 Å². The second kappa shape index (κ2) is 5.16. The maximum Gasteiger partial charge on any atom is 0.180 e. The van der Waals surface area contributed by atoms with Crippen LogP contribution in [0.2, 0.25) is 0 Å². The summed E-state index contributed by atoms with van der Waals surface area (Å²) in [5.74, 6) is 1.01. The highest BCUT2D eigenvalue weighted by molar-refractivity contribution is 7.91. The first-order chi connectivity index (χ1) is 8.53. The first-order valence-electron chi connectivity index (χ1n) is 5.91. The van der Waals surface area contributed by atoms with Gasteiger partial charge in [-0.15, -0.1) is 0 Å². The van der Waals surface area contributed by atoms with E-state index >= 15 is 0 Å². The molecule has 0 radical (unpaired) electrons. The zero-order valence-corrected chi connectivity index (χ0v) is 11.1. The Labute approximate surface area is 107 Å². The zero-order chi connectivity index (χ0) is 13.2. The van der Waals surface area contributed by atoms with Crippen molar-refractivity contribution in [3.63, 3.8) is 0 Å². The lowest BCUT2D eigenvalue weighted by atomic mass is 10.3. The van der Waals surface area contributed by atoms with Gasteiger partial charge in [-0.2, -0.15) is 0 Å². The van der Waals surface area contributed by atoms with Gasteiger partial charge in [0, 0.05) is 12.1 Å². The van der Waals surface area contributed by atoms with Crippen LogP contribution in [-0.2, 0) is 9.84 Å². The van der Waals surface area contributed by atoms with E-state index in [0.29, 0.717) is 31.1 Å². The van der Waals surface area contributed by atoms with Crippen molar-refractivity contribution in [3.05, 3.63) is 18.2 Å². The Morgan fingerprint density at radius 1 is 1.28 bits per heavy atom. The van der Waals surface area contributed by atoms with E-state index in [1.54, 1.807) is 6.07 Å². The summed E-state index contributed by atoms with van der Waals surface area (Å²) < 4.78 is 34.9. The van der Waals surface area contributed by atoms with Crippen LogP contribution >= 0.6 is 0 Å². The molecule has 0 bridgehead atoms. The standard InChI is InChI=1S/C12H17NO4S/c1-2-9(13)8-18(14,15)10-3-4-11-12(7-10)17-6-5-16-11/h3-4,7,9H,2,5-6,8,13H2,1H3. The third-order valence-corrected chi connectivity index (χ3v) is 4.67. The van der Waals surface area contributed by atoms with Gasteiger partial charge in [0.15, 0.2) is 21.3 Å². The molecular formula is C12H17NO4S. The molecule has 5 nitrogen and oxygen atoms in total. The van der Waals surface area contributed by atoms with Crippen molar-refractivity contribution in [1.29, 1.82) is 0 Å². The lowest BCUT2D eigenvalue weighted by Crippen LogP contribution is -2.28. The molecule has 6 heteroatoms. The van der Waals surface area contributed by atoms with Crippen LogP contribution in [-0.4, -0.2) is 33.4 Å². The largest absolute Gasteiger partial charge is 0.486 e. The minimum Gasteiger partial charge on any atom is -0.486 e. The number of sulfone groups is 1. The van der Waals surface area contributed by atoms with Crippen molar-refractivity contribution < 1.29 is 17.9 Å². The van der Waals surface area contributed by atoms with Crippen molar-refractivity contribution in [2.45, 2.75) is 24.3 Å². The molecule has 2 N–H and O–H groups in total. The van der Waals surface area contributed by atoms with Gasteiger partial charge in [0.2, 0.25) is 0 Å². The van der Waals surface area contributed by atoms with Gasteiger partial charge in [-0.05, 0) is 18.6 Å². The van der Waals surface area contributed by atoms with E-state index < -0.39 is 9.84 Å². The van der Waals surface area contributed by atoms with Gasteiger partial charge in [0.05, 0.1) is 10.6 Å². The van der Waals surface area contributed by atoms with E-state index in [4.69, 9.17) is 15.2 Å². The molecular weight excluding hydrogens is 254 g/mol. The SMILES string of the molecule is CCC(N)CS(=O)(=O)c1ccc2c(c1)OCCO2. The molecule has 1 aromatic rings. The summed E-state index contributed by atoms with van der Waals surface area (Å²) in [7, 11) is -3.37. The highest BCUT2D eigenvalue weighted by atomic mass is 32.2. The minimum absolute atomic E-state index is 0.0524. The number of nitrogens with two attached hydrogens (primary N) is 1. The van der Waals surface area contributed by atoms with E-state index in [9.17, 15) is 8.42 Å². The molecule has 100 valence electrons. The van der Waals surface area contributed by atoms with Gasteiger partial charge in [-0.3, -0.25) is 0 Å². The smallest absolute Gasteiger partial charge is 0.180 e. The highest BCUT2D eigenvalue weighted by Crippen LogP contribution is 2.32. The normalized spacial score (nSPS) is 16.3. The minimum atomic E-state index is -3.37. The lowest BCUT2D eigenvalue weighted by molar-refractivity contribution is 0.171. The van der Waals surface area contributed by atoms with Gasteiger partial charge < -0.3 is 15.2 Å². The zero-order valence-electron chi connectivity index (χ0n) is 10.3. The maximum atomic E-state index is 12.1. The Bertz CT molecular complexity index is 527. The van der Waals surface area contributed by atoms with Crippen molar-refractivity contribution in [3.8, 4) is 11.5 Å². The molecule has 0 spiro atoms. The summed E-state index contributed by atoms with van der Waals surface area (Å²) in [4.78, 5) is 0.232. The molecule has 0 aliphatic carbocycles. The molecule has 0 saturated heterocycles. The number of fused-ring (bicyclic) bond motifs is 1. The van der Waals surface area contributed by atoms with Crippen LogP contribution in [0.4, 0.5) is 0 Å². The van der Waals surface area contributed by atoms with Crippen molar-refractivity contribution in [2.75, 3.05) is 19.0 Å². The number of benzene rings is 1. The van der Waals surface area contributed by atoms with Gasteiger partial charge >= 0.3 is 0 Å². The summed E-state index contributed by atoms with van der Waals surface area (Å²) in [5.41, 5.74) is 5.70. The molecule has 0 fully saturated rings. The third kappa shape index (κ3) is 2.76. The predicted octanol–water partition coefficient (Wildman–Crippen LogP) is 0.969. The number of hydrogen-bond donors (Lipinski definition) is 1. The molecule has 1 aliphatic heterocycles. The summed E-state index contributed by atoms with van der Waals surface area (Å²) in [6, 6.07) is 4.32. The van der Waals surface area contributed by atoms with Crippen LogP contribution in [0.5, 0.6) is 11.5 Å². The van der Waals surface area contributed by atoms with Gasteiger partial charge in [-0.1, -0.05) is 6.92 Å². The molecule has 18 heavy (non-hydrogen) atoms. The summed E-state index contributed by atoms with van der Waals surface area (Å²) in [5, 5.41) is 0. The third-order valence-electron chi connectivity index (χ3n) is 2.83. The Morgan fingerprint density at radius 2 is 1.94 bits per heavy atom. The second-order valence-corrected chi connectivity index (χ2v) is 6.29. The Hall–Kier alpha value is -1.27. The van der Waals surface area contributed by atoms with E-state index in [-0.39, 0.29) is 16.7 Å². The van der Waals surface area contributed by atoms with Crippen molar-refractivity contribution >= 4 is 9.84 Å². The van der Waals surface area contributed by atoms with E-state index in [1.807, 2.05) is 6.92 Å². The molecule has 1 unspecified atom stereocenters. The van der Waals surface area contributed by atoms with Crippen LogP contribution in [0, 0.1) is 0 Å². The quantitative estimate of drug-likeness (QED) is 0.882. The molecule has 1 atom stereocenters. The Balaban J connectivity index is 2.28. The van der Waals surface area contributed by atoms with E-state index in [1.165, 1.54) is 12.1 Å². The maximum absolute atomic E-state index is 12.1. The van der Waals surface area contributed by atoms with Gasteiger partial charge in [0.25, 0.3) is 0 Å². The summed E-state index contributed by atoms with van der Waals surface area (Å²) in [6.45, 7) is 2.79. The number of rotatable bonds is 4. The van der Waals surface area contributed by atoms with E-state index in [0.717, 1.165) is 0 Å². The van der Waals surface area contributed by atoms with Crippen LogP contribution in [0.1, 0.15) is 13.3 Å². The molecule has 1 heterocycles. The number of hydrogen-bond acceptors (Lipinski definition) is 5. The van der Waals surface area contributed by atoms with Crippen LogP contribution in [0.3, 0.4) is 0 Å². The fraction of sp³-hybridized carbons (Fsp3) is 0.500.